The molecule has 0 aliphatic carbocycles. The van der Waals surface area contributed by atoms with Gasteiger partial charge in [0, 0.05) is 0 Å². The Morgan fingerprint density at radius 1 is 1.00 bits per heavy atom. The molecule has 1 rings (SSSR count). The molecule has 0 aromatic heterocycles. The van der Waals surface area contributed by atoms with Crippen LogP contribution >= 0.6 is 38.8 Å². The molecular formula is C6Cl3F4N2O2P. The van der Waals surface area contributed by atoms with Crippen molar-refractivity contribution in [2.24, 2.45) is 4.74 Å². The lowest BCUT2D eigenvalue weighted by Gasteiger charge is -2.05. The van der Waals surface area contributed by atoms with Crippen molar-refractivity contribution in [1.29, 1.82) is 0 Å². The molecule has 4 nitrogen and oxygen atoms in total. The lowest BCUT2D eigenvalue weighted by molar-refractivity contribution is -0.390. The lowest BCUT2D eigenvalue weighted by Crippen LogP contribution is -2.03. The SMILES string of the molecule is O=[N+]([O-])c1c(F)c(F)c(N=P(Cl)(Cl)Cl)c(F)c1F. The van der Waals surface area contributed by atoms with Crippen molar-refractivity contribution in [3.8, 4) is 0 Å². The van der Waals surface area contributed by atoms with Gasteiger partial charge in [-0.1, -0.05) is 0 Å². The zero-order chi connectivity index (χ0) is 14.2. The van der Waals surface area contributed by atoms with E-state index in [4.69, 9.17) is 33.7 Å². The molecule has 0 N–H and O–H groups in total. The lowest BCUT2D eigenvalue weighted by atomic mass is 10.2. The highest BCUT2D eigenvalue weighted by atomic mass is 36.0. The van der Waals surface area contributed by atoms with E-state index < -0.39 is 44.7 Å². The van der Waals surface area contributed by atoms with E-state index in [2.05, 4.69) is 4.74 Å². The van der Waals surface area contributed by atoms with Crippen molar-refractivity contribution in [2.45, 2.75) is 0 Å². The van der Waals surface area contributed by atoms with Crippen molar-refractivity contribution >= 4 is 50.2 Å². The van der Waals surface area contributed by atoms with Gasteiger partial charge in [-0.25, -0.2) is 13.5 Å². The van der Waals surface area contributed by atoms with Gasteiger partial charge in [0.15, 0.2) is 11.6 Å². The fraction of sp³-hybridized carbons (Fsp3) is 0. The number of nitro benzene ring substituents is 1. The summed E-state index contributed by atoms with van der Waals surface area (Å²) in [6.07, 6.45) is 0. The summed E-state index contributed by atoms with van der Waals surface area (Å²) in [5.41, 5.74) is -3.52. The monoisotopic (exact) mass is 344 g/mol. The summed E-state index contributed by atoms with van der Waals surface area (Å²) in [5.74, 6) is -8.66. The first-order valence-electron chi connectivity index (χ1n) is 3.78. The summed E-state index contributed by atoms with van der Waals surface area (Å²) in [4.78, 5) is 8.61. The van der Waals surface area contributed by atoms with Gasteiger partial charge in [0.1, 0.15) is 5.69 Å². The molecule has 0 saturated carbocycles. The summed E-state index contributed by atoms with van der Waals surface area (Å²) < 4.78 is 55.6. The maximum Gasteiger partial charge on any atom is 0.346 e. The highest BCUT2D eigenvalue weighted by Gasteiger charge is 2.33. The predicted octanol–water partition coefficient (Wildman–Crippen LogP) is 5.45. The highest BCUT2D eigenvalue weighted by Crippen LogP contribution is 2.67. The first-order chi connectivity index (χ1) is 8.06. The Hall–Kier alpha value is -0.560. The fourth-order valence-electron chi connectivity index (χ4n) is 0.970. The van der Waals surface area contributed by atoms with Crippen LogP contribution in [-0.2, 0) is 0 Å². The van der Waals surface area contributed by atoms with Gasteiger partial charge in [-0.2, -0.15) is 8.78 Å². The minimum absolute atomic E-state index is 1.54. The zero-order valence-electron chi connectivity index (χ0n) is 7.80. The van der Waals surface area contributed by atoms with Gasteiger partial charge in [0.2, 0.25) is 16.7 Å². The topological polar surface area (TPSA) is 55.5 Å². The molecule has 1 aromatic rings. The van der Waals surface area contributed by atoms with Crippen molar-refractivity contribution in [2.75, 3.05) is 0 Å². The Bertz CT molecular complexity index is 553. The minimum Gasteiger partial charge on any atom is -0.258 e. The molecule has 18 heavy (non-hydrogen) atoms. The van der Waals surface area contributed by atoms with Gasteiger partial charge >= 0.3 is 5.69 Å². The van der Waals surface area contributed by atoms with Crippen LogP contribution in [0.1, 0.15) is 0 Å². The van der Waals surface area contributed by atoms with Crippen molar-refractivity contribution in [3.63, 3.8) is 0 Å². The average molecular weight is 345 g/mol. The Morgan fingerprint density at radius 2 is 1.39 bits per heavy atom. The third-order valence-corrected chi connectivity index (χ3v) is 2.72. The Morgan fingerprint density at radius 3 is 1.67 bits per heavy atom. The molecule has 0 bridgehead atoms. The van der Waals surface area contributed by atoms with E-state index in [1.165, 1.54) is 0 Å². The molecule has 0 heterocycles. The molecule has 0 atom stereocenters. The van der Waals surface area contributed by atoms with Crippen LogP contribution in [0.3, 0.4) is 0 Å². The molecule has 12 heteroatoms. The standard InChI is InChI=1S/C6Cl3F4N2O2P/c7-18(8,9)14-5-1(10)3(12)6(15(16)17)4(13)2(5)11. The molecule has 0 fully saturated rings. The Labute approximate surface area is 111 Å². The third kappa shape index (κ3) is 3.06. The van der Waals surface area contributed by atoms with Crippen LogP contribution in [0, 0.1) is 33.4 Å². The normalized spacial score (nSPS) is 11.5. The molecule has 1 aromatic carbocycles. The number of halogens is 7. The van der Waals surface area contributed by atoms with E-state index in [9.17, 15) is 27.7 Å². The second-order valence-electron chi connectivity index (χ2n) is 2.73. The number of hydrogen-bond acceptors (Lipinski definition) is 3. The zero-order valence-corrected chi connectivity index (χ0v) is 11.0. The van der Waals surface area contributed by atoms with Crippen LogP contribution in [0.5, 0.6) is 0 Å². The quantitative estimate of drug-likeness (QED) is 0.235. The molecule has 0 spiro atoms. The minimum atomic E-state index is -3.71. The first kappa shape index (κ1) is 15.5. The number of nitrogens with zero attached hydrogens (tertiary/aromatic N) is 2. The first-order valence-corrected chi connectivity index (χ1v) is 8.23. The van der Waals surface area contributed by atoms with Gasteiger partial charge < -0.3 is 0 Å². The molecular weight excluding hydrogens is 345 g/mol. The molecule has 0 radical (unpaired) electrons. The maximum atomic E-state index is 13.3. The molecule has 0 aliphatic heterocycles. The number of nitro groups is 1. The summed E-state index contributed by atoms with van der Waals surface area (Å²) in [6, 6.07) is 0. The van der Waals surface area contributed by atoms with Gasteiger partial charge in [0.25, 0.3) is 0 Å². The number of rotatable bonds is 2. The second-order valence-corrected chi connectivity index (χ2v) is 9.73. The van der Waals surface area contributed by atoms with E-state index >= 15 is 0 Å². The molecule has 0 amide bonds. The van der Waals surface area contributed by atoms with Crippen molar-refractivity contribution in [3.05, 3.63) is 33.4 Å². The van der Waals surface area contributed by atoms with E-state index in [1.807, 2.05) is 0 Å². The van der Waals surface area contributed by atoms with E-state index in [1.54, 1.807) is 0 Å². The van der Waals surface area contributed by atoms with Crippen molar-refractivity contribution in [1.82, 2.24) is 0 Å². The Balaban J connectivity index is 3.76. The average Bonchev–Trinajstić information content (AvgIpc) is 2.20. The van der Waals surface area contributed by atoms with Crippen LogP contribution in [-0.4, -0.2) is 4.92 Å². The van der Waals surface area contributed by atoms with E-state index in [-0.39, 0.29) is 0 Å². The van der Waals surface area contributed by atoms with Gasteiger partial charge in [-0.3, -0.25) is 10.1 Å². The molecule has 100 valence electrons. The second kappa shape index (κ2) is 5.21. The number of benzene rings is 1. The van der Waals surface area contributed by atoms with Crippen LogP contribution in [0.4, 0.5) is 28.9 Å². The number of hydrogen-bond donors (Lipinski definition) is 0. The van der Waals surface area contributed by atoms with Crippen LogP contribution < -0.4 is 0 Å². The predicted molar refractivity (Wildman–Crippen MR) is 59.5 cm³/mol. The smallest absolute Gasteiger partial charge is 0.258 e. The molecule has 0 unspecified atom stereocenters. The van der Waals surface area contributed by atoms with Crippen molar-refractivity contribution < 1.29 is 22.5 Å². The van der Waals surface area contributed by atoms with Gasteiger partial charge in [0.05, 0.1) is 4.92 Å². The van der Waals surface area contributed by atoms with Crippen LogP contribution in [0.15, 0.2) is 4.74 Å². The largest absolute Gasteiger partial charge is 0.346 e. The summed E-state index contributed by atoms with van der Waals surface area (Å²) >= 11 is 15.5. The third-order valence-electron chi connectivity index (χ3n) is 1.61. The van der Waals surface area contributed by atoms with Crippen LogP contribution in [0.2, 0.25) is 0 Å². The Kier molecular flexibility index (Phi) is 4.48. The van der Waals surface area contributed by atoms with Gasteiger partial charge in [-0.15, -0.1) is 0 Å². The summed E-state index contributed by atoms with van der Waals surface area (Å²) in [7, 11) is 0. The van der Waals surface area contributed by atoms with Gasteiger partial charge in [-0.05, 0) is 33.7 Å². The van der Waals surface area contributed by atoms with E-state index in [0.717, 1.165) is 0 Å². The maximum absolute atomic E-state index is 13.3. The van der Waals surface area contributed by atoms with Crippen LogP contribution in [0.25, 0.3) is 0 Å². The van der Waals surface area contributed by atoms with E-state index in [0.29, 0.717) is 0 Å². The molecule has 0 saturated heterocycles. The highest BCUT2D eigenvalue weighted by molar-refractivity contribution is 8.26. The summed E-state index contributed by atoms with van der Waals surface area (Å²) in [5, 5.41) is 6.52. The molecule has 0 aliphatic rings. The summed E-state index contributed by atoms with van der Waals surface area (Å²) in [6.45, 7) is 0. The fourth-order valence-corrected chi connectivity index (χ4v) is 2.05.